The highest BCUT2D eigenvalue weighted by Gasteiger charge is 2.34. The molecule has 1 unspecified atom stereocenters. The Bertz CT molecular complexity index is 882. The zero-order valence-electron chi connectivity index (χ0n) is 20.0. The molecule has 5 nitrogen and oxygen atoms in total. The molecule has 1 aliphatic heterocycles. The third-order valence-electron chi connectivity index (χ3n) is 7.15. The summed E-state index contributed by atoms with van der Waals surface area (Å²) in [5.41, 5.74) is 4.57. The van der Waals surface area contributed by atoms with Crippen molar-refractivity contribution in [2.75, 3.05) is 20.3 Å². The quantitative estimate of drug-likeness (QED) is 0.595. The van der Waals surface area contributed by atoms with Crippen LogP contribution in [0.15, 0.2) is 42.5 Å². The van der Waals surface area contributed by atoms with Crippen LogP contribution in [0.5, 0.6) is 5.75 Å². The topological polar surface area (TPSA) is 68.2 Å². The van der Waals surface area contributed by atoms with Crippen LogP contribution in [0.1, 0.15) is 73.3 Å². The Morgan fingerprint density at radius 3 is 2.48 bits per heavy atom. The molecule has 1 saturated heterocycles. The van der Waals surface area contributed by atoms with Gasteiger partial charge in [0.15, 0.2) is 0 Å². The summed E-state index contributed by atoms with van der Waals surface area (Å²) >= 11 is 0. The Morgan fingerprint density at radius 2 is 1.79 bits per heavy atom. The zero-order valence-corrected chi connectivity index (χ0v) is 20.0. The van der Waals surface area contributed by atoms with E-state index in [0.29, 0.717) is 19.4 Å². The van der Waals surface area contributed by atoms with Crippen LogP contribution < -0.4 is 4.74 Å². The molecule has 2 aliphatic rings. The molecule has 0 bridgehead atoms. The Labute approximate surface area is 197 Å². The molecule has 0 spiro atoms. The number of rotatable bonds is 8. The third kappa shape index (κ3) is 6.15. The first kappa shape index (κ1) is 24.2. The van der Waals surface area contributed by atoms with Crippen molar-refractivity contribution in [3.8, 4) is 5.75 Å². The number of aryl methyl sites for hydroxylation is 1. The average Bonchev–Trinajstić information content (AvgIpc) is 2.82. The first-order valence-electron chi connectivity index (χ1n) is 12.3. The molecule has 5 heteroatoms. The number of hydrogen-bond donors (Lipinski definition) is 2. The Kier molecular flexibility index (Phi) is 8.07. The van der Waals surface area contributed by atoms with E-state index in [1.54, 1.807) is 7.11 Å². The molecule has 2 aromatic rings. The van der Waals surface area contributed by atoms with E-state index in [1.165, 1.54) is 36.0 Å². The van der Waals surface area contributed by atoms with Crippen LogP contribution in [0.4, 0.5) is 0 Å². The molecular formula is C28H38O5. The van der Waals surface area contributed by atoms with E-state index in [2.05, 4.69) is 49.4 Å². The molecule has 0 radical (unpaired) electrons. The van der Waals surface area contributed by atoms with Crippen LogP contribution in [0.2, 0.25) is 0 Å². The molecule has 4 rings (SSSR count). The Morgan fingerprint density at radius 1 is 1.03 bits per heavy atom. The summed E-state index contributed by atoms with van der Waals surface area (Å²) in [6.07, 6.45) is 6.70. The summed E-state index contributed by atoms with van der Waals surface area (Å²) in [5, 5.41) is 19.7. The molecule has 2 N–H and O–H groups in total. The normalized spacial score (nSPS) is 25.0. The molecule has 1 aliphatic carbocycles. The van der Waals surface area contributed by atoms with Gasteiger partial charge in [0, 0.05) is 20.0 Å². The summed E-state index contributed by atoms with van der Waals surface area (Å²) in [4.78, 5) is 0. The van der Waals surface area contributed by atoms with Crippen LogP contribution in [0.25, 0.3) is 0 Å². The number of ether oxygens (including phenoxy) is 3. The second-order valence-corrected chi connectivity index (χ2v) is 9.84. The third-order valence-corrected chi connectivity index (χ3v) is 7.15. The fourth-order valence-electron chi connectivity index (χ4n) is 5.28. The van der Waals surface area contributed by atoms with Gasteiger partial charge in [-0.15, -0.1) is 0 Å². The lowest BCUT2D eigenvalue weighted by Gasteiger charge is -2.37. The molecular weight excluding hydrogens is 416 g/mol. The summed E-state index contributed by atoms with van der Waals surface area (Å²) < 4.78 is 18.0. The van der Waals surface area contributed by atoms with Crippen molar-refractivity contribution >= 4 is 0 Å². The molecule has 1 saturated carbocycles. The van der Waals surface area contributed by atoms with Crippen molar-refractivity contribution in [2.45, 2.75) is 82.2 Å². The standard InChI is InChI=1S/C28H38O5/c1-20-6-9-22(27-17-24(30)16-26(18-29)32-27)15-23(20)14-21-7-10-25(11-8-21)33-28(19-31-2)12-4-3-5-13-28/h6-11,15,24,26-27,29-30H,3-5,12-14,16-19H2,1-2H3/t24?,26-,27+/m0/s1. The van der Waals surface area contributed by atoms with E-state index in [0.717, 1.165) is 30.6 Å². The Balaban J connectivity index is 1.45. The number of benzene rings is 2. The fraction of sp³-hybridized carbons (Fsp3) is 0.571. The van der Waals surface area contributed by atoms with Gasteiger partial charge in [-0.3, -0.25) is 0 Å². The van der Waals surface area contributed by atoms with E-state index in [-0.39, 0.29) is 24.4 Å². The Hall–Kier alpha value is -1.92. The maximum atomic E-state index is 10.2. The van der Waals surface area contributed by atoms with E-state index in [1.807, 2.05) is 0 Å². The van der Waals surface area contributed by atoms with E-state index in [9.17, 15) is 10.2 Å². The van der Waals surface area contributed by atoms with Gasteiger partial charge in [-0.2, -0.15) is 0 Å². The van der Waals surface area contributed by atoms with Gasteiger partial charge in [0.2, 0.25) is 0 Å². The van der Waals surface area contributed by atoms with Gasteiger partial charge in [-0.25, -0.2) is 0 Å². The number of aliphatic hydroxyl groups excluding tert-OH is 2. The van der Waals surface area contributed by atoms with Crippen LogP contribution in [0.3, 0.4) is 0 Å². The van der Waals surface area contributed by atoms with Crippen LogP contribution in [-0.2, 0) is 15.9 Å². The van der Waals surface area contributed by atoms with Crippen LogP contribution in [-0.4, -0.2) is 48.3 Å². The summed E-state index contributed by atoms with van der Waals surface area (Å²) in [7, 11) is 1.75. The SMILES string of the molecule is COCC1(Oc2ccc(Cc3cc([C@H]4CC(O)C[C@@H](CO)O4)ccc3C)cc2)CCCCC1. The molecule has 2 fully saturated rings. The largest absolute Gasteiger partial charge is 0.485 e. The predicted octanol–water partition coefficient (Wildman–Crippen LogP) is 4.89. The minimum atomic E-state index is -0.441. The number of methoxy groups -OCH3 is 1. The maximum Gasteiger partial charge on any atom is 0.132 e. The number of hydrogen-bond acceptors (Lipinski definition) is 5. The fourth-order valence-corrected chi connectivity index (χ4v) is 5.28. The van der Waals surface area contributed by atoms with Crippen molar-refractivity contribution in [3.63, 3.8) is 0 Å². The minimum absolute atomic E-state index is 0.0631. The van der Waals surface area contributed by atoms with E-state index in [4.69, 9.17) is 14.2 Å². The van der Waals surface area contributed by atoms with E-state index < -0.39 is 6.10 Å². The maximum absolute atomic E-state index is 10.2. The van der Waals surface area contributed by atoms with Gasteiger partial charge in [0.25, 0.3) is 0 Å². The minimum Gasteiger partial charge on any atom is -0.485 e. The highest BCUT2D eigenvalue weighted by atomic mass is 16.5. The monoisotopic (exact) mass is 454 g/mol. The van der Waals surface area contributed by atoms with Crippen molar-refractivity contribution in [1.29, 1.82) is 0 Å². The highest BCUT2D eigenvalue weighted by molar-refractivity contribution is 5.38. The van der Waals surface area contributed by atoms with Gasteiger partial charge >= 0.3 is 0 Å². The lowest BCUT2D eigenvalue weighted by Crippen LogP contribution is -2.42. The summed E-state index contributed by atoms with van der Waals surface area (Å²) in [6, 6.07) is 14.8. The van der Waals surface area contributed by atoms with Gasteiger partial charge in [-0.1, -0.05) is 36.8 Å². The lowest BCUT2D eigenvalue weighted by molar-refractivity contribution is -0.113. The molecule has 2 aromatic carbocycles. The second-order valence-electron chi connectivity index (χ2n) is 9.84. The number of aliphatic hydroxyl groups is 2. The molecule has 0 aromatic heterocycles. The van der Waals surface area contributed by atoms with Gasteiger partial charge in [0.05, 0.1) is 31.5 Å². The highest BCUT2D eigenvalue weighted by Crippen LogP contribution is 2.35. The first-order valence-corrected chi connectivity index (χ1v) is 12.3. The summed E-state index contributed by atoms with van der Waals surface area (Å²) in [6.45, 7) is 2.70. The zero-order chi connectivity index (χ0) is 23.3. The van der Waals surface area contributed by atoms with Crippen LogP contribution in [0, 0.1) is 6.92 Å². The van der Waals surface area contributed by atoms with Crippen molar-refractivity contribution in [3.05, 3.63) is 64.7 Å². The van der Waals surface area contributed by atoms with Gasteiger partial charge in [-0.05, 0) is 73.4 Å². The van der Waals surface area contributed by atoms with Gasteiger partial charge < -0.3 is 24.4 Å². The van der Waals surface area contributed by atoms with Crippen LogP contribution >= 0.6 is 0 Å². The molecule has 1 heterocycles. The van der Waals surface area contributed by atoms with Crippen molar-refractivity contribution in [1.82, 2.24) is 0 Å². The van der Waals surface area contributed by atoms with Crippen molar-refractivity contribution < 1.29 is 24.4 Å². The summed E-state index contributed by atoms with van der Waals surface area (Å²) in [5.74, 6) is 0.905. The molecule has 0 amide bonds. The predicted molar refractivity (Wildman–Crippen MR) is 129 cm³/mol. The molecule has 3 atom stereocenters. The van der Waals surface area contributed by atoms with Gasteiger partial charge in [0.1, 0.15) is 11.4 Å². The smallest absolute Gasteiger partial charge is 0.132 e. The van der Waals surface area contributed by atoms with E-state index >= 15 is 0 Å². The average molecular weight is 455 g/mol. The molecule has 33 heavy (non-hydrogen) atoms. The second kappa shape index (κ2) is 11.0. The first-order chi connectivity index (χ1) is 16.0. The lowest BCUT2D eigenvalue weighted by atomic mass is 9.85. The molecule has 180 valence electrons. The van der Waals surface area contributed by atoms with Crippen molar-refractivity contribution in [2.24, 2.45) is 0 Å².